The lowest BCUT2D eigenvalue weighted by atomic mass is 10.2. The number of aromatic nitrogens is 2. The van der Waals surface area contributed by atoms with Gasteiger partial charge in [-0.2, -0.15) is 4.98 Å². The molecule has 0 aliphatic carbocycles. The molecule has 1 aromatic carbocycles. The smallest absolute Gasteiger partial charge is 0.293 e. The minimum atomic E-state index is 0. The molecule has 23 heavy (non-hydrogen) atoms. The molecule has 2 aromatic heterocycles. The van der Waals surface area contributed by atoms with Gasteiger partial charge >= 0.3 is 0 Å². The van der Waals surface area contributed by atoms with Crippen LogP contribution < -0.4 is 5.32 Å². The molecule has 1 fully saturated rings. The molecule has 122 valence electrons. The molecule has 0 amide bonds. The summed E-state index contributed by atoms with van der Waals surface area (Å²) in [6.07, 6.45) is 0. The number of likely N-dealkylation sites (N-methyl/N-ethyl adjacent to an activating group) is 1. The molecule has 0 bridgehead atoms. The summed E-state index contributed by atoms with van der Waals surface area (Å²) >= 11 is 0. The molecule has 4 rings (SSSR count). The summed E-state index contributed by atoms with van der Waals surface area (Å²) in [4.78, 5) is 6.76. The minimum Gasteiger partial charge on any atom is -0.451 e. The number of aryl methyl sites for hydroxylation is 1. The van der Waals surface area contributed by atoms with Crippen LogP contribution in [-0.4, -0.2) is 41.7 Å². The second-order valence-electron chi connectivity index (χ2n) is 5.76. The fourth-order valence-corrected chi connectivity index (χ4v) is 2.88. The summed E-state index contributed by atoms with van der Waals surface area (Å²) in [6, 6.07) is 8.14. The van der Waals surface area contributed by atoms with Gasteiger partial charge in [-0.05, 0) is 25.6 Å². The van der Waals surface area contributed by atoms with Crippen LogP contribution in [0.1, 0.15) is 17.4 Å². The number of fused-ring (bicyclic) bond motifs is 1. The maximum Gasteiger partial charge on any atom is 0.293 e. The minimum absolute atomic E-state index is 0. The number of halogens is 1. The molecule has 1 unspecified atom stereocenters. The van der Waals surface area contributed by atoms with Crippen LogP contribution in [0, 0.1) is 6.92 Å². The first-order valence-electron chi connectivity index (χ1n) is 7.46. The Balaban J connectivity index is 0.00000156. The Labute approximate surface area is 140 Å². The molecule has 0 saturated carbocycles. The van der Waals surface area contributed by atoms with Crippen molar-refractivity contribution < 1.29 is 8.94 Å². The average molecular weight is 335 g/mol. The molecule has 6 nitrogen and oxygen atoms in total. The first-order chi connectivity index (χ1) is 10.7. The van der Waals surface area contributed by atoms with Gasteiger partial charge in [-0.1, -0.05) is 23.4 Å². The molecule has 1 atom stereocenters. The maximum atomic E-state index is 5.89. The largest absolute Gasteiger partial charge is 0.451 e. The van der Waals surface area contributed by atoms with E-state index in [1.807, 2.05) is 31.2 Å². The first-order valence-corrected chi connectivity index (χ1v) is 7.46. The van der Waals surface area contributed by atoms with E-state index in [0.717, 1.165) is 36.2 Å². The molecule has 7 heteroatoms. The van der Waals surface area contributed by atoms with Crippen molar-refractivity contribution in [3.63, 3.8) is 0 Å². The fraction of sp³-hybridized carbons (Fsp3) is 0.375. The van der Waals surface area contributed by atoms with E-state index in [9.17, 15) is 0 Å². The van der Waals surface area contributed by atoms with E-state index in [1.54, 1.807) is 0 Å². The van der Waals surface area contributed by atoms with E-state index in [2.05, 4.69) is 27.4 Å². The quantitative estimate of drug-likeness (QED) is 0.777. The molecular weight excluding hydrogens is 316 g/mol. The van der Waals surface area contributed by atoms with Crippen LogP contribution in [0.4, 0.5) is 0 Å². The van der Waals surface area contributed by atoms with Crippen molar-refractivity contribution in [2.45, 2.75) is 13.0 Å². The highest BCUT2D eigenvalue weighted by Gasteiger charge is 2.26. The number of hydrogen-bond donors (Lipinski definition) is 1. The van der Waals surface area contributed by atoms with Gasteiger partial charge in [-0.15, -0.1) is 12.4 Å². The van der Waals surface area contributed by atoms with Crippen molar-refractivity contribution in [1.82, 2.24) is 20.4 Å². The van der Waals surface area contributed by atoms with Gasteiger partial charge in [0.1, 0.15) is 5.58 Å². The Hall–Kier alpha value is -1.89. The summed E-state index contributed by atoms with van der Waals surface area (Å²) in [7, 11) is 2.08. The molecule has 0 spiro atoms. The lowest BCUT2D eigenvalue weighted by Gasteiger charge is -2.30. The van der Waals surface area contributed by atoms with Gasteiger partial charge in [-0.25, -0.2) is 0 Å². The molecule has 0 radical (unpaired) electrons. The van der Waals surface area contributed by atoms with Gasteiger partial charge in [-0.3, -0.25) is 4.90 Å². The van der Waals surface area contributed by atoms with E-state index in [4.69, 9.17) is 8.94 Å². The summed E-state index contributed by atoms with van der Waals surface area (Å²) in [6.45, 7) is 4.81. The van der Waals surface area contributed by atoms with Crippen molar-refractivity contribution in [1.29, 1.82) is 0 Å². The van der Waals surface area contributed by atoms with Crippen LogP contribution in [0.2, 0.25) is 0 Å². The van der Waals surface area contributed by atoms with Crippen LogP contribution in [0.3, 0.4) is 0 Å². The topological polar surface area (TPSA) is 67.3 Å². The Bertz CT molecular complexity index is 813. The Morgan fingerprint density at radius 2 is 2.22 bits per heavy atom. The number of hydrogen-bond acceptors (Lipinski definition) is 6. The number of benzene rings is 1. The third-order valence-corrected chi connectivity index (χ3v) is 4.20. The summed E-state index contributed by atoms with van der Waals surface area (Å²) in [5.74, 6) is 1.75. The zero-order valence-electron chi connectivity index (χ0n) is 13.1. The summed E-state index contributed by atoms with van der Waals surface area (Å²) < 4.78 is 11.3. The molecule has 1 saturated heterocycles. The monoisotopic (exact) mass is 334 g/mol. The van der Waals surface area contributed by atoms with Gasteiger partial charge in [0.05, 0.1) is 6.04 Å². The number of furan rings is 1. The predicted molar refractivity (Wildman–Crippen MR) is 89.7 cm³/mol. The molecule has 3 heterocycles. The van der Waals surface area contributed by atoms with Crippen molar-refractivity contribution in [2.75, 3.05) is 26.7 Å². The average Bonchev–Trinajstić information content (AvgIpc) is 3.14. The van der Waals surface area contributed by atoms with E-state index >= 15 is 0 Å². The first kappa shape index (κ1) is 16.0. The van der Waals surface area contributed by atoms with Crippen molar-refractivity contribution in [3.05, 3.63) is 35.7 Å². The molecular formula is C16H19ClN4O2. The van der Waals surface area contributed by atoms with Crippen molar-refractivity contribution in [2.24, 2.45) is 0 Å². The summed E-state index contributed by atoms with van der Waals surface area (Å²) in [5, 5.41) is 8.53. The van der Waals surface area contributed by atoms with E-state index in [-0.39, 0.29) is 18.4 Å². The third-order valence-electron chi connectivity index (χ3n) is 4.20. The van der Waals surface area contributed by atoms with Crippen LogP contribution in [-0.2, 0) is 0 Å². The lowest BCUT2D eigenvalue weighted by molar-refractivity contribution is 0.190. The number of nitrogens with one attached hydrogen (secondary N) is 1. The third kappa shape index (κ3) is 2.85. The highest BCUT2D eigenvalue weighted by molar-refractivity contribution is 5.85. The van der Waals surface area contributed by atoms with Crippen molar-refractivity contribution >= 4 is 23.4 Å². The number of nitrogens with zero attached hydrogens (tertiary/aromatic N) is 3. The molecule has 3 aromatic rings. The second-order valence-corrected chi connectivity index (χ2v) is 5.76. The van der Waals surface area contributed by atoms with E-state index in [0.29, 0.717) is 17.5 Å². The number of piperazine rings is 1. The highest BCUT2D eigenvalue weighted by atomic mass is 35.5. The van der Waals surface area contributed by atoms with Crippen LogP contribution >= 0.6 is 12.4 Å². The Morgan fingerprint density at radius 1 is 1.35 bits per heavy atom. The lowest BCUT2D eigenvalue weighted by Crippen LogP contribution is -2.44. The van der Waals surface area contributed by atoms with Gasteiger partial charge in [0.2, 0.25) is 0 Å². The van der Waals surface area contributed by atoms with Crippen molar-refractivity contribution in [3.8, 4) is 11.7 Å². The van der Waals surface area contributed by atoms with E-state index < -0.39 is 0 Å². The highest BCUT2D eigenvalue weighted by Crippen LogP contribution is 2.29. The molecule has 1 N–H and O–H groups in total. The normalized spacial score (nSPS) is 19.0. The van der Waals surface area contributed by atoms with Crippen LogP contribution in [0.15, 0.2) is 33.2 Å². The van der Waals surface area contributed by atoms with E-state index in [1.165, 1.54) is 0 Å². The van der Waals surface area contributed by atoms with Gasteiger partial charge in [0, 0.05) is 25.0 Å². The van der Waals surface area contributed by atoms with Crippen LogP contribution in [0.25, 0.3) is 22.6 Å². The zero-order chi connectivity index (χ0) is 15.1. The second kappa shape index (κ2) is 6.31. The van der Waals surface area contributed by atoms with Gasteiger partial charge in [0.25, 0.3) is 5.89 Å². The fourth-order valence-electron chi connectivity index (χ4n) is 2.88. The molecule has 1 aliphatic heterocycles. The maximum absolute atomic E-state index is 5.89. The summed E-state index contributed by atoms with van der Waals surface area (Å²) in [5.41, 5.74) is 1.97. The van der Waals surface area contributed by atoms with Gasteiger partial charge in [0.15, 0.2) is 11.6 Å². The van der Waals surface area contributed by atoms with Gasteiger partial charge < -0.3 is 14.3 Å². The standard InChI is InChI=1S/C16H18N4O2.ClH/c1-10-4-3-5-11-8-13(21-14(10)11)16-18-15(19-22-16)12-9-17-6-7-20(12)2;/h3-5,8,12,17H,6-7,9H2,1-2H3;1H. The Kier molecular flexibility index (Phi) is 4.39. The predicted octanol–water partition coefficient (Wildman–Crippen LogP) is 2.79. The molecule has 1 aliphatic rings. The number of para-hydroxylation sites is 1. The van der Waals surface area contributed by atoms with Crippen LogP contribution in [0.5, 0.6) is 0 Å². The Morgan fingerprint density at radius 3 is 3.00 bits per heavy atom. The number of rotatable bonds is 2. The SMILES string of the molecule is Cc1cccc2cc(-c3nc(C4CNCCN4C)no3)oc12.Cl. The zero-order valence-corrected chi connectivity index (χ0v) is 13.9.